The molecular formula is C21H21N3O. The van der Waals surface area contributed by atoms with Crippen molar-refractivity contribution in [3.63, 3.8) is 0 Å². The molecular weight excluding hydrogens is 310 g/mol. The van der Waals surface area contributed by atoms with Crippen LogP contribution in [0.3, 0.4) is 0 Å². The molecule has 0 aliphatic rings. The number of pyridine rings is 1. The first-order valence-electron chi connectivity index (χ1n) is 8.37. The van der Waals surface area contributed by atoms with Gasteiger partial charge in [0.05, 0.1) is 0 Å². The van der Waals surface area contributed by atoms with Crippen molar-refractivity contribution in [2.45, 2.75) is 13.0 Å². The number of amides is 1. The van der Waals surface area contributed by atoms with E-state index in [1.165, 1.54) is 5.56 Å². The molecule has 3 aromatic rings. The van der Waals surface area contributed by atoms with Gasteiger partial charge in [-0.1, -0.05) is 60.7 Å². The molecule has 2 N–H and O–H groups in total. The lowest BCUT2D eigenvalue weighted by Crippen LogP contribution is -2.23. The number of hydrogen-bond acceptors (Lipinski definition) is 3. The molecule has 1 aromatic heterocycles. The van der Waals surface area contributed by atoms with Gasteiger partial charge in [0.25, 0.3) is 5.91 Å². The Balaban J connectivity index is 1.52. The molecule has 0 aliphatic heterocycles. The van der Waals surface area contributed by atoms with E-state index in [2.05, 4.69) is 27.8 Å². The van der Waals surface area contributed by atoms with E-state index in [-0.39, 0.29) is 5.91 Å². The zero-order valence-corrected chi connectivity index (χ0v) is 14.0. The van der Waals surface area contributed by atoms with Crippen LogP contribution in [0.25, 0.3) is 0 Å². The van der Waals surface area contributed by atoms with Gasteiger partial charge in [-0.15, -0.1) is 0 Å². The molecule has 0 saturated carbocycles. The normalized spacial score (nSPS) is 10.2. The topological polar surface area (TPSA) is 54.0 Å². The number of carbonyl (C=O) groups is 1. The van der Waals surface area contributed by atoms with Crippen LogP contribution >= 0.6 is 0 Å². The molecule has 25 heavy (non-hydrogen) atoms. The Morgan fingerprint density at radius 1 is 0.880 bits per heavy atom. The maximum Gasteiger partial charge on any atom is 0.251 e. The van der Waals surface area contributed by atoms with Gasteiger partial charge in [-0.25, -0.2) is 4.98 Å². The average Bonchev–Trinajstić information content (AvgIpc) is 2.68. The van der Waals surface area contributed by atoms with E-state index in [4.69, 9.17) is 0 Å². The number of anilines is 1. The molecule has 0 fully saturated rings. The van der Waals surface area contributed by atoms with Crippen molar-refractivity contribution in [3.05, 3.63) is 95.7 Å². The summed E-state index contributed by atoms with van der Waals surface area (Å²) in [5, 5.41) is 6.20. The predicted octanol–water partition coefficient (Wildman–Crippen LogP) is 3.67. The van der Waals surface area contributed by atoms with Crippen LogP contribution in [-0.4, -0.2) is 17.4 Å². The van der Waals surface area contributed by atoms with Gasteiger partial charge >= 0.3 is 0 Å². The second kappa shape index (κ2) is 8.64. The predicted molar refractivity (Wildman–Crippen MR) is 100 cm³/mol. The molecule has 0 spiro atoms. The van der Waals surface area contributed by atoms with E-state index < -0.39 is 0 Å². The number of aromatic nitrogens is 1. The number of rotatable bonds is 7. The zero-order chi connectivity index (χ0) is 17.3. The van der Waals surface area contributed by atoms with Crippen LogP contribution in [-0.2, 0) is 13.0 Å². The highest BCUT2D eigenvalue weighted by Crippen LogP contribution is 2.08. The van der Waals surface area contributed by atoms with E-state index in [1.807, 2.05) is 48.5 Å². The van der Waals surface area contributed by atoms with Crippen LogP contribution in [0, 0.1) is 0 Å². The lowest BCUT2D eigenvalue weighted by molar-refractivity contribution is 0.0951. The first-order chi connectivity index (χ1) is 12.3. The van der Waals surface area contributed by atoms with Crippen LogP contribution in [0.5, 0.6) is 0 Å². The summed E-state index contributed by atoms with van der Waals surface area (Å²) in [6, 6.07) is 23.6. The van der Waals surface area contributed by atoms with Crippen LogP contribution in [0.15, 0.2) is 79.0 Å². The summed E-state index contributed by atoms with van der Waals surface area (Å²) in [5.41, 5.74) is 2.95. The van der Waals surface area contributed by atoms with Crippen molar-refractivity contribution in [1.29, 1.82) is 0 Å². The van der Waals surface area contributed by atoms with Crippen molar-refractivity contribution in [1.82, 2.24) is 10.3 Å². The van der Waals surface area contributed by atoms with E-state index in [9.17, 15) is 4.79 Å². The number of benzene rings is 2. The van der Waals surface area contributed by atoms with Gasteiger partial charge in [0.15, 0.2) is 0 Å². The summed E-state index contributed by atoms with van der Waals surface area (Å²) in [7, 11) is 0. The SMILES string of the molecule is O=C(NCc1ccccc1)c1ccnc(NCCc2ccccc2)c1. The molecule has 0 bridgehead atoms. The molecule has 0 unspecified atom stereocenters. The summed E-state index contributed by atoms with van der Waals surface area (Å²) < 4.78 is 0. The van der Waals surface area contributed by atoms with Gasteiger partial charge in [-0.05, 0) is 29.7 Å². The smallest absolute Gasteiger partial charge is 0.251 e. The molecule has 2 aromatic carbocycles. The lowest BCUT2D eigenvalue weighted by atomic mass is 10.1. The molecule has 3 rings (SSSR count). The molecule has 4 heteroatoms. The zero-order valence-electron chi connectivity index (χ0n) is 14.0. The largest absolute Gasteiger partial charge is 0.370 e. The summed E-state index contributed by atoms with van der Waals surface area (Å²) >= 11 is 0. The molecule has 0 atom stereocenters. The minimum atomic E-state index is -0.0997. The second-order valence-corrected chi connectivity index (χ2v) is 5.76. The first kappa shape index (κ1) is 16.7. The number of carbonyl (C=O) groups excluding carboxylic acids is 1. The molecule has 4 nitrogen and oxygen atoms in total. The van der Waals surface area contributed by atoms with E-state index in [0.29, 0.717) is 17.9 Å². The van der Waals surface area contributed by atoms with Crippen LogP contribution in [0.2, 0.25) is 0 Å². The Labute approximate surface area is 147 Å². The van der Waals surface area contributed by atoms with E-state index >= 15 is 0 Å². The van der Waals surface area contributed by atoms with Gasteiger partial charge < -0.3 is 10.6 Å². The first-order valence-corrected chi connectivity index (χ1v) is 8.37. The minimum absolute atomic E-state index is 0.0997. The quantitative estimate of drug-likeness (QED) is 0.694. The minimum Gasteiger partial charge on any atom is -0.370 e. The molecule has 0 radical (unpaired) electrons. The Morgan fingerprint density at radius 2 is 1.56 bits per heavy atom. The van der Waals surface area contributed by atoms with Crippen molar-refractivity contribution in [3.8, 4) is 0 Å². The maximum absolute atomic E-state index is 12.3. The maximum atomic E-state index is 12.3. The van der Waals surface area contributed by atoms with Gasteiger partial charge in [0.1, 0.15) is 5.82 Å². The Bertz CT molecular complexity index is 804. The molecule has 1 amide bonds. The molecule has 0 aliphatic carbocycles. The fourth-order valence-corrected chi connectivity index (χ4v) is 2.53. The van der Waals surface area contributed by atoms with Crippen molar-refractivity contribution in [2.75, 3.05) is 11.9 Å². The fraction of sp³-hybridized carbons (Fsp3) is 0.143. The highest BCUT2D eigenvalue weighted by molar-refractivity contribution is 5.94. The summed E-state index contributed by atoms with van der Waals surface area (Å²) in [6.07, 6.45) is 2.56. The van der Waals surface area contributed by atoms with Gasteiger partial charge in [-0.3, -0.25) is 4.79 Å². The van der Waals surface area contributed by atoms with Crippen LogP contribution in [0.4, 0.5) is 5.82 Å². The molecule has 1 heterocycles. The summed E-state index contributed by atoms with van der Waals surface area (Å²) in [4.78, 5) is 16.6. The van der Waals surface area contributed by atoms with Crippen molar-refractivity contribution < 1.29 is 4.79 Å². The van der Waals surface area contributed by atoms with E-state index in [0.717, 1.165) is 18.5 Å². The number of hydrogen-bond donors (Lipinski definition) is 2. The van der Waals surface area contributed by atoms with Crippen LogP contribution < -0.4 is 10.6 Å². The van der Waals surface area contributed by atoms with Gasteiger partial charge in [0, 0.05) is 24.8 Å². The Kier molecular flexibility index (Phi) is 5.77. The van der Waals surface area contributed by atoms with Gasteiger partial charge in [-0.2, -0.15) is 0 Å². The summed E-state index contributed by atoms with van der Waals surface area (Å²) in [6.45, 7) is 1.28. The second-order valence-electron chi connectivity index (χ2n) is 5.76. The third-order valence-corrected chi connectivity index (χ3v) is 3.88. The monoisotopic (exact) mass is 331 g/mol. The standard InChI is InChI=1S/C21H21N3O/c25-21(24-16-18-9-5-2-6-10-18)19-12-14-23-20(15-19)22-13-11-17-7-3-1-4-8-17/h1-10,12,14-15H,11,13,16H2,(H,22,23)(H,24,25). The van der Waals surface area contributed by atoms with Gasteiger partial charge in [0.2, 0.25) is 0 Å². The number of nitrogens with one attached hydrogen (secondary N) is 2. The molecule has 0 saturated heterocycles. The third-order valence-electron chi connectivity index (χ3n) is 3.88. The highest BCUT2D eigenvalue weighted by Gasteiger charge is 2.06. The lowest BCUT2D eigenvalue weighted by Gasteiger charge is -2.08. The van der Waals surface area contributed by atoms with E-state index in [1.54, 1.807) is 18.3 Å². The van der Waals surface area contributed by atoms with Crippen LogP contribution in [0.1, 0.15) is 21.5 Å². The molecule has 126 valence electrons. The Hall–Kier alpha value is -3.14. The Morgan fingerprint density at radius 3 is 2.28 bits per heavy atom. The highest BCUT2D eigenvalue weighted by atomic mass is 16.1. The van der Waals surface area contributed by atoms with Crippen molar-refractivity contribution >= 4 is 11.7 Å². The summed E-state index contributed by atoms with van der Waals surface area (Å²) in [5.74, 6) is 0.612. The number of nitrogens with zero attached hydrogens (tertiary/aromatic N) is 1. The van der Waals surface area contributed by atoms with Crippen molar-refractivity contribution in [2.24, 2.45) is 0 Å². The fourth-order valence-electron chi connectivity index (χ4n) is 2.53. The average molecular weight is 331 g/mol. The third kappa shape index (κ3) is 5.18.